The van der Waals surface area contributed by atoms with Gasteiger partial charge >= 0.3 is 0 Å². The predicted molar refractivity (Wildman–Crippen MR) is 165 cm³/mol. The maximum Gasteiger partial charge on any atom is 0.147 e. The fourth-order valence-electron chi connectivity index (χ4n) is 5.73. The quantitative estimate of drug-likeness (QED) is 0.275. The molecule has 1 saturated heterocycles. The van der Waals surface area contributed by atoms with Crippen molar-refractivity contribution >= 4 is 34.9 Å². The van der Waals surface area contributed by atoms with Gasteiger partial charge in [0.2, 0.25) is 0 Å². The van der Waals surface area contributed by atoms with Crippen LogP contribution in [0, 0.1) is 0 Å². The van der Waals surface area contributed by atoms with Gasteiger partial charge in [0, 0.05) is 19.6 Å². The minimum Gasteiger partial charge on any atom is -0.508 e. The molecular formula is C32H37F2NO3P2. The summed E-state index contributed by atoms with van der Waals surface area (Å²) in [5.74, 6) is 0.626. The Hall–Kier alpha value is -2.52. The van der Waals surface area contributed by atoms with E-state index in [1.807, 2.05) is 36.4 Å². The molecule has 1 N–H and O–H groups in total. The zero-order valence-electron chi connectivity index (χ0n) is 22.6. The standard InChI is InChI=1S/C32H37F2NO3P2/c33-14-2-15-35-16-13-26(19-35)38-24-8-5-21(6-9-24)32-27-11-7-23(36)17-22(27)3-1-4-29(32)28-12-10-25(18-30(28)39)37-20-31(34)40/h5-12,17-18,26,31,36H,1-4,13-16,19-20,39-40H2/t26-,31?/m0/s1. The molecular weight excluding hydrogens is 546 g/mol. The first kappa shape index (κ1) is 29.0. The molecule has 40 heavy (non-hydrogen) atoms. The molecule has 0 saturated carbocycles. The number of halogens is 2. The van der Waals surface area contributed by atoms with Crippen molar-refractivity contribution in [2.24, 2.45) is 0 Å². The van der Waals surface area contributed by atoms with Gasteiger partial charge in [0.05, 0.1) is 6.67 Å². The molecule has 1 heterocycles. The van der Waals surface area contributed by atoms with Gasteiger partial charge < -0.3 is 14.6 Å². The molecule has 5 rings (SSSR count). The van der Waals surface area contributed by atoms with E-state index in [4.69, 9.17) is 9.47 Å². The lowest BCUT2D eigenvalue weighted by Gasteiger charge is -2.20. The van der Waals surface area contributed by atoms with Crippen molar-refractivity contribution in [2.45, 2.75) is 44.1 Å². The molecule has 3 aromatic rings. The zero-order chi connectivity index (χ0) is 28.1. The van der Waals surface area contributed by atoms with Crippen LogP contribution in [0.5, 0.6) is 17.2 Å². The molecule has 4 atom stereocenters. The number of phenolic OH excluding ortho intramolecular Hbond substituents is 1. The average Bonchev–Trinajstić information content (AvgIpc) is 3.30. The van der Waals surface area contributed by atoms with Crippen LogP contribution in [-0.2, 0) is 6.42 Å². The van der Waals surface area contributed by atoms with E-state index >= 15 is 0 Å². The third-order valence-corrected chi connectivity index (χ3v) is 8.24. The van der Waals surface area contributed by atoms with Crippen LogP contribution in [0.1, 0.15) is 47.9 Å². The fraction of sp³-hybridized carbons (Fsp3) is 0.375. The second-order valence-corrected chi connectivity index (χ2v) is 11.9. The van der Waals surface area contributed by atoms with E-state index in [-0.39, 0.29) is 25.1 Å². The van der Waals surface area contributed by atoms with E-state index in [9.17, 15) is 13.9 Å². The Morgan fingerprint density at radius 2 is 1.77 bits per heavy atom. The maximum atomic E-state index is 13.3. The highest BCUT2D eigenvalue weighted by atomic mass is 31.0. The Morgan fingerprint density at radius 1 is 1.00 bits per heavy atom. The monoisotopic (exact) mass is 583 g/mol. The molecule has 212 valence electrons. The van der Waals surface area contributed by atoms with Crippen molar-refractivity contribution in [1.82, 2.24) is 4.90 Å². The van der Waals surface area contributed by atoms with Gasteiger partial charge in [0.15, 0.2) is 0 Å². The first-order chi connectivity index (χ1) is 19.4. The number of hydrogen-bond donors (Lipinski definition) is 1. The molecule has 3 aromatic carbocycles. The first-order valence-electron chi connectivity index (χ1n) is 13.9. The van der Waals surface area contributed by atoms with Gasteiger partial charge in [-0.15, -0.1) is 9.24 Å². The number of ether oxygens (including phenoxy) is 2. The third-order valence-electron chi connectivity index (χ3n) is 7.57. The van der Waals surface area contributed by atoms with Crippen molar-refractivity contribution in [3.05, 3.63) is 82.9 Å². The summed E-state index contributed by atoms with van der Waals surface area (Å²) < 4.78 is 37.8. The van der Waals surface area contributed by atoms with Gasteiger partial charge in [0.1, 0.15) is 35.9 Å². The minimum atomic E-state index is -1.11. The third kappa shape index (κ3) is 7.03. The van der Waals surface area contributed by atoms with Crippen molar-refractivity contribution in [3.63, 3.8) is 0 Å². The lowest BCUT2D eigenvalue weighted by Crippen LogP contribution is -2.26. The first-order valence-corrected chi connectivity index (χ1v) is 15.2. The number of hydrogen-bond acceptors (Lipinski definition) is 4. The number of likely N-dealkylation sites (tertiary alicyclic amines) is 1. The zero-order valence-corrected chi connectivity index (χ0v) is 24.9. The lowest BCUT2D eigenvalue weighted by atomic mass is 9.87. The number of phenols is 1. The van der Waals surface area contributed by atoms with Crippen LogP contribution in [-0.4, -0.2) is 54.9 Å². The second kappa shape index (κ2) is 13.4. The summed E-state index contributed by atoms with van der Waals surface area (Å²) in [6.07, 6.45) is 4.33. The molecule has 0 amide bonds. The molecule has 3 unspecified atom stereocenters. The number of allylic oxidation sites excluding steroid dienone is 1. The number of benzene rings is 3. The molecule has 0 aromatic heterocycles. The molecule has 8 heteroatoms. The molecule has 1 fully saturated rings. The summed E-state index contributed by atoms with van der Waals surface area (Å²) in [5, 5.41) is 11.2. The Labute approximate surface area is 240 Å². The van der Waals surface area contributed by atoms with Crippen LogP contribution in [0.3, 0.4) is 0 Å². The normalized spacial score (nSPS) is 18.4. The summed E-state index contributed by atoms with van der Waals surface area (Å²) >= 11 is 0. The van der Waals surface area contributed by atoms with Crippen LogP contribution in [0.15, 0.2) is 60.7 Å². The SMILES string of the molecule is Oc1ccc2c(c1)CCCC(c1ccc(OCC(F)P)cc1P)=C2c1ccc(O[C@H]2CCN(CCCF)C2)cc1. The summed E-state index contributed by atoms with van der Waals surface area (Å²) in [6.45, 7) is 2.25. The molecule has 4 nitrogen and oxygen atoms in total. The summed E-state index contributed by atoms with van der Waals surface area (Å²) in [7, 11) is 4.92. The van der Waals surface area contributed by atoms with Crippen molar-refractivity contribution in [3.8, 4) is 17.2 Å². The maximum absolute atomic E-state index is 13.3. The largest absolute Gasteiger partial charge is 0.508 e. The van der Waals surface area contributed by atoms with Gasteiger partial charge in [-0.05, 0) is 107 Å². The smallest absolute Gasteiger partial charge is 0.147 e. The number of aryl methyl sites for hydroxylation is 1. The predicted octanol–water partition coefficient (Wildman–Crippen LogP) is 6.55. The molecule has 1 aliphatic carbocycles. The van der Waals surface area contributed by atoms with E-state index in [1.54, 1.807) is 6.07 Å². The highest BCUT2D eigenvalue weighted by Crippen LogP contribution is 2.41. The van der Waals surface area contributed by atoms with Crippen LogP contribution in [0.2, 0.25) is 0 Å². The van der Waals surface area contributed by atoms with Crippen molar-refractivity contribution in [1.29, 1.82) is 0 Å². The molecule has 1 aliphatic heterocycles. The van der Waals surface area contributed by atoms with Crippen LogP contribution >= 0.6 is 18.5 Å². The van der Waals surface area contributed by atoms with E-state index in [1.165, 1.54) is 5.57 Å². The van der Waals surface area contributed by atoms with Gasteiger partial charge in [-0.1, -0.05) is 33.5 Å². The highest BCUT2D eigenvalue weighted by Gasteiger charge is 2.25. The van der Waals surface area contributed by atoms with Crippen LogP contribution < -0.4 is 14.8 Å². The van der Waals surface area contributed by atoms with E-state index in [2.05, 4.69) is 41.6 Å². The van der Waals surface area contributed by atoms with Crippen LogP contribution in [0.4, 0.5) is 8.78 Å². The van der Waals surface area contributed by atoms with Gasteiger partial charge in [0.25, 0.3) is 0 Å². The van der Waals surface area contributed by atoms with Gasteiger partial charge in [-0.3, -0.25) is 9.29 Å². The highest BCUT2D eigenvalue weighted by molar-refractivity contribution is 7.27. The molecule has 0 spiro atoms. The van der Waals surface area contributed by atoms with E-state index in [0.717, 1.165) is 84.2 Å². The number of aromatic hydroxyl groups is 1. The topological polar surface area (TPSA) is 41.9 Å². The summed E-state index contributed by atoms with van der Waals surface area (Å²) in [5.41, 5.74) is 6.80. The number of alkyl halides is 2. The summed E-state index contributed by atoms with van der Waals surface area (Å²) in [4.78, 5) is 2.27. The Kier molecular flexibility index (Phi) is 9.73. The Balaban J connectivity index is 1.47. The second-order valence-electron chi connectivity index (χ2n) is 10.5. The van der Waals surface area contributed by atoms with Crippen molar-refractivity contribution in [2.75, 3.05) is 32.9 Å². The van der Waals surface area contributed by atoms with E-state index in [0.29, 0.717) is 12.2 Å². The summed E-state index contributed by atoms with van der Waals surface area (Å²) in [6, 6.07) is 19.8. The number of nitrogens with zero attached hydrogens (tertiary/aromatic N) is 1. The molecule has 0 radical (unpaired) electrons. The lowest BCUT2D eigenvalue weighted by molar-refractivity contribution is 0.198. The Morgan fingerprint density at radius 3 is 2.52 bits per heavy atom. The van der Waals surface area contributed by atoms with Gasteiger partial charge in [-0.2, -0.15) is 0 Å². The molecule has 2 aliphatic rings. The number of fused-ring (bicyclic) bond motifs is 1. The minimum absolute atomic E-state index is 0.0101. The Bertz CT molecular complexity index is 1350. The average molecular weight is 584 g/mol. The van der Waals surface area contributed by atoms with Crippen molar-refractivity contribution < 1.29 is 23.4 Å². The van der Waals surface area contributed by atoms with Crippen LogP contribution in [0.25, 0.3) is 11.1 Å². The van der Waals surface area contributed by atoms with Gasteiger partial charge in [-0.25, -0.2) is 4.39 Å². The number of rotatable bonds is 10. The van der Waals surface area contributed by atoms with E-state index < -0.39 is 5.91 Å². The molecule has 0 bridgehead atoms. The fourth-order valence-corrected chi connectivity index (χ4v) is 6.26.